The van der Waals surface area contributed by atoms with Crippen LogP contribution in [-0.4, -0.2) is 98.0 Å². The molecule has 1 aromatic carbocycles. The second kappa shape index (κ2) is 14.5. The zero-order valence-corrected chi connectivity index (χ0v) is 24.0. The Bertz CT molecular complexity index is 601. The topological polar surface area (TPSA) is 58.9 Å². The highest BCUT2D eigenvalue weighted by molar-refractivity contribution is 5.32. The van der Waals surface area contributed by atoms with Crippen LogP contribution in [0, 0.1) is 0 Å². The zero-order valence-electron chi connectivity index (χ0n) is 19.7. The van der Waals surface area contributed by atoms with Gasteiger partial charge in [-0.1, -0.05) is 6.07 Å². The molecule has 1 aromatic rings. The molecule has 6 nitrogen and oxygen atoms in total. The predicted octanol–water partition coefficient (Wildman–Crippen LogP) is -3.56. The van der Waals surface area contributed by atoms with Gasteiger partial charge >= 0.3 is 0 Å². The van der Waals surface area contributed by atoms with Crippen LogP contribution >= 0.6 is 0 Å². The molecule has 0 radical (unpaired) electrons. The minimum atomic E-state index is -0.478. The van der Waals surface area contributed by atoms with Gasteiger partial charge in [0.25, 0.3) is 0 Å². The lowest BCUT2D eigenvalue weighted by Crippen LogP contribution is -3.00. The Kier molecular flexibility index (Phi) is 13.7. The highest BCUT2D eigenvalue weighted by Gasteiger charge is 2.29. The molecule has 2 unspecified atom stereocenters. The Balaban J connectivity index is 0.00000256. The van der Waals surface area contributed by atoms with Gasteiger partial charge in [0.1, 0.15) is 50.0 Å². The van der Waals surface area contributed by atoms with Crippen molar-refractivity contribution in [2.24, 2.45) is 0 Å². The van der Waals surface area contributed by atoms with Crippen molar-refractivity contribution >= 4 is 0 Å². The molecule has 2 aliphatic rings. The lowest BCUT2D eigenvalue weighted by Gasteiger charge is -2.39. The fourth-order valence-corrected chi connectivity index (χ4v) is 5.08. The molecule has 2 fully saturated rings. The first-order valence-electron chi connectivity index (χ1n) is 11.7. The largest absolute Gasteiger partial charge is 1.00 e. The minimum absolute atomic E-state index is 0. The summed E-state index contributed by atoms with van der Waals surface area (Å²) in [6.45, 7) is 6.60. The van der Waals surface area contributed by atoms with Crippen LogP contribution in [0.2, 0.25) is 0 Å². The third kappa shape index (κ3) is 10.2. The lowest BCUT2D eigenvalue weighted by atomic mass is 10.1. The van der Waals surface area contributed by atoms with Crippen LogP contribution in [0.15, 0.2) is 24.3 Å². The summed E-state index contributed by atoms with van der Waals surface area (Å²) in [4.78, 5) is 0. The summed E-state index contributed by atoms with van der Waals surface area (Å²) in [7, 11) is 4.46. The van der Waals surface area contributed by atoms with E-state index in [-0.39, 0.29) is 61.2 Å². The van der Waals surface area contributed by atoms with E-state index in [0.717, 1.165) is 48.2 Å². The highest BCUT2D eigenvalue weighted by atomic mass is 127. The van der Waals surface area contributed by atoms with Gasteiger partial charge in [0.2, 0.25) is 0 Å². The maximum atomic E-state index is 10.4. The van der Waals surface area contributed by atoms with E-state index in [1.54, 1.807) is 0 Å². The van der Waals surface area contributed by atoms with Crippen LogP contribution in [-0.2, 0) is 0 Å². The lowest BCUT2D eigenvalue weighted by molar-refractivity contribution is -0.916. The van der Waals surface area contributed by atoms with E-state index < -0.39 is 12.2 Å². The number of likely N-dealkylation sites (tertiary alicyclic amines) is 2. The van der Waals surface area contributed by atoms with E-state index in [0.29, 0.717) is 11.5 Å². The number of likely N-dealkylation sites (N-methyl/N-ethyl adjacent to an activating group) is 2. The number of hydrogen-bond acceptors (Lipinski definition) is 4. The van der Waals surface area contributed by atoms with Gasteiger partial charge < -0.3 is 76.6 Å². The number of aliphatic hydroxyl groups is 2. The number of piperidine rings is 2. The molecule has 2 atom stereocenters. The fourth-order valence-electron chi connectivity index (χ4n) is 5.08. The number of aliphatic hydroxyl groups excluding tert-OH is 2. The molecule has 3 rings (SSSR count). The standard InChI is InChI=1S/C24H42N2O4.2HI/c1-25(12-5-3-6-13-25)17-21(27)19-29-23-10-9-11-24(16-23)30-20-22(28)18-26(2)14-7-4-8-15-26;;/h9-11,16,21-22,27-28H,3-8,12-15,17-20H2,1-2H3;2*1H/q+2;;/p-2. The first-order valence-corrected chi connectivity index (χ1v) is 11.7. The minimum Gasteiger partial charge on any atom is -1.00 e. The summed E-state index contributed by atoms with van der Waals surface area (Å²) in [6, 6.07) is 7.49. The van der Waals surface area contributed by atoms with Crippen molar-refractivity contribution in [2.75, 3.05) is 66.6 Å². The quantitative estimate of drug-likeness (QED) is 0.199. The van der Waals surface area contributed by atoms with Gasteiger partial charge in [-0.2, -0.15) is 0 Å². The van der Waals surface area contributed by atoms with Crippen molar-refractivity contribution in [1.29, 1.82) is 0 Å². The molecule has 0 aliphatic carbocycles. The summed E-state index contributed by atoms with van der Waals surface area (Å²) < 4.78 is 13.5. The first-order chi connectivity index (χ1) is 14.4. The SMILES string of the molecule is C[N+]1(CC(O)COc2cccc(OCC(O)C[N+]3(C)CCCCC3)c2)CCCCC1.[I-].[I-]. The molecule has 2 aliphatic heterocycles. The Morgan fingerprint density at radius 3 is 1.47 bits per heavy atom. The van der Waals surface area contributed by atoms with Crippen LogP contribution in [0.3, 0.4) is 0 Å². The normalized spacial score (nSPS) is 21.4. The average molecular weight is 676 g/mol. The third-order valence-electron chi connectivity index (χ3n) is 6.79. The molecule has 0 bridgehead atoms. The monoisotopic (exact) mass is 676 g/mol. The summed E-state index contributed by atoms with van der Waals surface area (Å²) in [6.07, 6.45) is 6.63. The van der Waals surface area contributed by atoms with E-state index in [1.807, 2.05) is 24.3 Å². The van der Waals surface area contributed by atoms with Crippen molar-refractivity contribution < 1.29 is 76.6 Å². The summed E-state index contributed by atoms with van der Waals surface area (Å²) in [5.74, 6) is 1.38. The summed E-state index contributed by atoms with van der Waals surface area (Å²) in [5, 5.41) is 20.9. The average Bonchev–Trinajstić information content (AvgIpc) is 2.71. The number of halogens is 2. The number of nitrogens with zero attached hydrogens (tertiary/aromatic N) is 2. The Morgan fingerprint density at radius 2 is 1.09 bits per heavy atom. The van der Waals surface area contributed by atoms with E-state index >= 15 is 0 Å². The highest BCUT2D eigenvalue weighted by Crippen LogP contribution is 2.22. The van der Waals surface area contributed by atoms with Crippen molar-refractivity contribution in [3.63, 3.8) is 0 Å². The first kappa shape index (κ1) is 30.2. The van der Waals surface area contributed by atoms with Crippen LogP contribution in [0.25, 0.3) is 0 Å². The molecule has 8 heteroatoms. The van der Waals surface area contributed by atoms with E-state index in [2.05, 4.69) is 14.1 Å². The molecule has 2 heterocycles. The smallest absolute Gasteiger partial charge is 0.137 e. The third-order valence-corrected chi connectivity index (χ3v) is 6.79. The number of hydrogen-bond donors (Lipinski definition) is 2. The number of quaternary nitrogens is 2. The molecule has 2 saturated heterocycles. The second-order valence-corrected chi connectivity index (χ2v) is 10.0. The molecule has 32 heavy (non-hydrogen) atoms. The van der Waals surface area contributed by atoms with Crippen molar-refractivity contribution in [2.45, 2.75) is 50.7 Å². The Hall–Kier alpha value is 0.120. The Morgan fingerprint density at radius 1 is 0.719 bits per heavy atom. The predicted molar refractivity (Wildman–Crippen MR) is 119 cm³/mol. The number of benzene rings is 1. The maximum Gasteiger partial charge on any atom is 0.137 e. The van der Waals surface area contributed by atoms with Gasteiger partial charge in [-0.3, -0.25) is 0 Å². The van der Waals surface area contributed by atoms with Crippen LogP contribution in [0.4, 0.5) is 0 Å². The van der Waals surface area contributed by atoms with Gasteiger partial charge in [-0.05, 0) is 50.7 Å². The van der Waals surface area contributed by atoms with Gasteiger partial charge in [0.15, 0.2) is 0 Å². The van der Waals surface area contributed by atoms with Crippen molar-refractivity contribution in [3.05, 3.63) is 24.3 Å². The van der Waals surface area contributed by atoms with Gasteiger partial charge in [0, 0.05) is 6.07 Å². The van der Waals surface area contributed by atoms with E-state index in [1.165, 1.54) is 38.5 Å². The Labute approximate surface area is 228 Å². The summed E-state index contributed by atoms with van der Waals surface area (Å²) in [5.41, 5.74) is 0. The maximum absolute atomic E-state index is 10.4. The van der Waals surface area contributed by atoms with Crippen LogP contribution in [0.5, 0.6) is 11.5 Å². The molecular weight excluding hydrogens is 634 g/mol. The second-order valence-electron chi connectivity index (χ2n) is 10.0. The van der Waals surface area contributed by atoms with Gasteiger partial charge in [-0.15, -0.1) is 0 Å². The molecule has 0 amide bonds. The molecule has 2 N–H and O–H groups in total. The number of rotatable bonds is 10. The van der Waals surface area contributed by atoms with Gasteiger partial charge in [-0.25, -0.2) is 0 Å². The molecule has 186 valence electrons. The fraction of sp³-hybridized carbons (Fsp3) is 0.750. The van der Waals surface area contributed by atoms with Crippen molar-refractivity contribution in [3.8, 4) is 11.5 Å². The van der Waals surface area contributed by atoms with Crippen LogP contribution in [0.1, 0.15) is 38.5 Å². The molecule has 0 aromatic heterocycles. The molecule has 0 spiro atoms. The zero-order chi connectivity index (χ0) is 21.5. The molecule has 0 saturated carbocycles. The van der Waals surface area contributed by atoms with Gasteiger partial charge in [0.05, 0.1) is 40.3 Å². The summed E-state index contributed by atoms with van der Waals surface area (Å²) >= 11 is 0. The number of ether oxygens (including phenoxy) is 2. The molecular formula is C24H42I2N2O4. The van der Waals surface area contributed by atoms with E-state index in [4.69, 9.17) is 9.47 Å². The van der Waals surface area contributed by atoms with Crippen LogP contribution < -0.4 is 57.4 Å². The van der Waals surface area contributed by atoms with E-state index in [9.17, 15) is 10.2 Å². The van der Waals surface area contributed by atoms with Crippen molar-refractivity contribution in [1.82, 2.24) is 0 Å².